The van der Waals surface area contributed by atoms with Gasteiger partial charge in [-0.05, 0) is 43.9 Å². The highest BCUT2D eigenvalue weighted by atomic mass is 16.5. The summed E-state index contributed by atoms with van der Waals surface area (Å²) in [6, 6.07) is 6.61. The van der Waals surface area contributed by atoms with Crippen molar-refractivity contribution in [2.75, 3.05) is 0 Å². The summed E-state index contributed by atoms with van der Waals surface area (Å²) < 4.78 is 5.75. The fourth-order valence-corrected chi connectivity index (χ4v) is 2.13. The average molecular weight is 321 g/mol. The van der Waals surface area contributed by atoms with E-state index in [-0.39, 0.29) is 5.92 Å². The smallest absolute Gasteiger partial charge is 0.326 e. The first kappa shape index (κ1) is 19.0. The molecule has 0 fully saturated rings. The third-order valence-electron chi connectivity index (χ3n) is 4.02. The van der Waals surface area contributed by atoms with E-state index in [2.05, 4.69) is 12.2 Å². The van der Waals surface area contributed by atoms with E-state index >= 15 is 0 Å². The van der Waals surface area contributed by atoms with E-state index in [4.69, 9.17) is 4.74 Å². The van der Waals surface area contributed by atoms with Gasteiger partial charge in [-0.2, -0.15) is 0 Å². The van der Waals surface area contributed by atoms with Gasteiger partial charge in [0, 0.05) is 0 Å². The van der Waals surface area contributed by atoms with Gasteiger partial charge in [-0.1, -0.05) is 39.3 Å². The predicted molar refractivity (Wildman–Crippen MR) is 89.5 cm³/mol. The average Bonchev–Trinajstić information content (AvgIpc) is 2.51. The summed E-state index contributed by atoms with van der Waals surface area (Å²) >= 11 is 0. The molecule has 5 heteroatoms. The van der Waals surface area contributed by atoms with Gasteiger partial charge in [0.2, 0.25) is 0 Å². The lowest BCUT2D eigenvalue weighted by molar-refractivity contribution is -0.146. The number of aliphatic carboxylic acids is 1. The minimum Gasteiger partial charge on any atom is -0.480 e. The third kappa shape index (κ3) is 5.27. The van der Waals surface area contributed by atoms with Gasteiger partial charge in [-0.3, -0.25) is 4.79 Å². The number of benzene rings is 1. The number of ether oxygens (including phenoxy) is 1. The lowest BCUT2D eigenvalue weighted by Crippen LogP contribution is -2.54. The Bertz CT molecular complexity index is 536. The Morgan fingerprint density at radius 1 is 1.22 bits per heavy atom. The Morgan fingerprint density at radius 2 is 1.78 bits per heavy atom. The van der Waals surface area contributed by atoms with Crippen LogP contribution >= 0.6 is 0 Å². The molecule has 0 aliphatic rings. The second-order valence-corrected chi connectivity index (χ2v) is 6.28. The van der Waals surface area contributed by atoms with E-state index in [9.17, 15) is 14.7 Å². The van der Waals surface area contributed by atoms with Crippen molar-refractivity contribution in [3.63, 3.8) is 0 Å². The molecular formula is C18H27NO4. The Morgan fingerprint density at radius 3 is 2.22 bits per heavy atom. The first-order valence-corrected chi connectivity index (χ1v) is 8.03. The van der Waals surface area contributed by atoms with E-state index in [1.807, 2.05) is 31.2 Å². The van der Waals surface area contributed by atoms with Crippen molar-refractivity contribution in [3.8, 4) is 5.75 Å². The zero-order chi connectivity index (χ0) is 17.6. The lowest BCUT2D eigenvalue weighted by atomic mass is 9.98. The topological polar surface area (TPSA) is 75.6 Å². The van der Waals surface area contributed by atoms with Crippen LogP contribution in [0.15, 0.2) is 24.3 Å². The number of hydrogen-bond acceptors (Lipinski definition) is 3. The number of amides is 1. The summed E-state index contributed by atoms with van der Waals surface area (Å²) in [6.45, 7) is 9.02. The second-order valence-electron chi connectivity index (χ2n) is 6.28. The zero-order valence-corrected chi connectivity index (χ0v) is 14.6. The molecule has 0 heterocycles. The van der Waals surface area contributed by atoms with E-state index in [1.54, 1.807) is 20.8 Å². The fraction of sp³-hybridized carbons (Fsp3) is 0.556. The molecule has 1 aromatic carbocycles. The Kier molecular flexibility index (Phi) is 6.61. The highest BCUT2D eigenvalue weighted by molar-refractivity contribution is 5.89. The highest BCUT2D eigenvalue weighted by Gasteiger charge is 2.35. The molecule has 2 N–H and O–H groups in total. The molecule has 5 nitrogen and oxygen atoms in total. The molecule has 1 amide bonds. The van der Waals surface area contributed by atoms with Gasteiger partial charge in [0.05, 0.1) is 0 Å². The molecule has 2 atom stereocenters. The predicted octanol–water partition coefficient (Wildman–Crippen LogP) is 3.02. The number of nitrogens with one attached hydrogen (secondary N) is 1. The molecule has 1 aromatic rings. The molecule has 0 radical (unpaired) electrons. The van der Waals surface area contributed by atoms with Crippen LogP contribution in [-0.2, 0) is 16.0 Å². The molecule has 0 spiro atoms. The van der Waals surface area contributed by atoms with Crippen molar-refractivity contribution in [2.45, 2.75) is 59.1 Å². The Labute approximate surface area is 138 Å². The maximum Gasteiger partial charge on any atom is 0.326 e. The number of aryl methyl sites for hydroxylation is 1. The number of hydrogen-bond donors (Lipinski definition) is 2. The summed E-state index contributed by atoms with van der Waals surface area (Å²) in [7, 11) is 0. The SMILES string of the molecule is CCc1ccc(OC(C)(C)C(=O)NC(C(=O)O)C(C)CC)cc1. The van der Waals surface area contributed by atoms with Crippen molar-refractivity contribution in [1.29, 1.82) is 0 Å². The van der Waals surface area contributed by atoms with Gasteiger partial charge in [-0.25, -0.2) is 4.79 Å². The van der Waals surface area contributed by atoms with Gasteiger partial charge in [0.1, 0.15) is 11.8 Å². The molecule has 0 aliphatic heterocycles. The summed E-state index contributed by atoms with van der Waals surface area (Å²) in [6.07, 6.45) is 1.59. The third-order valence-corrected chi connectivity index (χ3v) is 4.02. The standard InChI is InChI=1S/C18H27NO4/c1-6-12(3)15(16(20)21)19-17(22)18(4,5)23-14-10-8-13(7-2)9-11-14/h8-12,15H,6-7H2,1-5H3,(H,19,22)(H,20,21). The molecule has 0 aromatic heterocycles. The monoisotopic (exact) mass is 321 g/mol. The van der Waals surface area contributed by atoms with Crippen molar-refractivity contribution >= 4 is 11.9 Å². The van der Waals surface area contributed by atoms with Crippen LogP contribution in [0.3, 0.4) is 0 Å². The highest BCUT2D eigenvalue weighted by Crippen LogP contribution is 2.20. The van der Waals surface area contributed by atoms with Crippen LogP contribution in [0.5, 0.6) is 5.75 Å². The van der Waals surface area contributed by atoms with Crippen LogP contribution < -0.4 is 10.1 Å². The molecule has 0 saturated heterocycles. The fourth-order valence-electron chi connectivity index (χ4n) is 2.13. The van der Waals surface area contributed by atoms with Gasteiger partial charge in [0.25, 0.3) is 5.91 Å². The summed E-state index contributed by atoms with van der Waals surface area (Å²) in [5.74, 6) is -1.05. The van der Waals surface area contributed by atoms with E-state index in [0.717, 1.165) is 6.42 Å². The van der Waals surface area contributed by atoms with E-state index in [1.165, 1.54) is 5.56 Å². The van der Waals surface area contributed by atoms with Crippen LogP contribution in [0.25, 0.3) is 0 Å². The minimum absolute atomic E-state index is 0.156. The summed E-state index contributed by atoms with van der Waals surface area (Å²) in [5.41, 5.74) is 0.0249. The first-order valence-electron chi connectivity index (χ1n) is 8.03. The first-order chi connectivity index (χ1) is 10.7. The van der Waals surface area contributed by atoms with Crippen LogP contribution in [0.2, 0.25) is 0 Å². The number of rotatable bonds is 8. The van der Waals surface area contributed by atoms with Gasteiger partial charge in [-0.15, -0.1) is 0 Å². The largest absolute Gasteiger partial charge is 0.480 e. The van der Waals surface area contributed by atoms with Gasteiger partial charge < -0.3 is 15.2 Å². The van der Waals surface area contributed by atoms with Crippen LogP contribution in [0.1, 0.15) is 46.6 Å². The molecule has 23 heavy (non-hydrogen) atoms. The number of carboxylic acid groups (broad SMARTS) is 1. The van der Waals surface area contributed by atoms with Crippen molar-refractivity contribution < 1.29 is 19.4 Å². The lowest BCUT2D eigenvalue weighted by Gasteiger charge is -2.28. The molecule has 2 unspecified atom stereocenters. The molecule has 1 rings (SSSR count). The molecule has 128 valence electrons. The number of carbonyl (C=O) groups is 2. The van der Waals surface area contributed by atoms with E-state index in [0.29, 0.717) is 12.2 Å². The van der Waals surface area contributed by atoms with Crippen molar-refractivity contribution in [1.82, 2.24) is 5.32 Å². The maximum atomic E-state index is 12.4. The van der Waals surface area contributed by atoms with Crippen LogP contribution in [0, 0.1) is 5.92 Å². The molecular weight excluding hydrogens is 294 g/mol. The van der Waals surface area contributed by atoms with Gasteiger partial charge in [0.15, 0.2) is 5.60 Å². The second kappa shape index (κ2) is 7.99. The van der Waals surface area contributed by atoms with Crippen molar-refractivity contribution in [2.24, 2.45) is 5.92 Å². The maximum absolute atomic E-state index is 12.4. The van der Waals surface area contributed by atoms with Crippen LogP contribution in [-0.4, -0.2) is 28.6 Å². The van der Waals surface area contributed by atoms with Gasteiger partial charge >= 0.3 is 5.97 Å². The quantitative estimate of drug-likeness (QED) is 0.772. The van der Waals surface area contributed by atoms with E-state index < -0.39 is 23.5 Å². The summed E-state index contributed by atoms with van der Waals surface area (Å²) in [5, 5.41) is 11.9. The Balaban J connectivity index is 2.80. The molecule has 0 saturated carbocycles. The van der Waals surface area contributed by atoms with Crippen LogP contribution in [0.4, 0.5) is 0 Å². The molecule has 0 bridgehead atoms. The minimum atomic E-state index is -1.16. The Hall–Kier alpha value is -2.04. The van der Waals surface area contributed by atoms with Crippen molar-refractivity contribution in [3.05, 3.63) is 29.8 Å². The molecule has 0 aliphatic carbocycles. The summed E-state index contributed by atoms with van der Waals surface area (Å²) in [4.78, 5) is 23.8. The zero-order valence-electron chi connectivity index (χ0n) is 14.6. The normalized spacial score (nSPS) is 14.0. The number of carboxylic acids is 1. The number of carbonyl (C=O) groups excluding carboxylic acids is 1.